The molecule has 0 bridgehead atoms. The molecule has 0 heterocycles. The standard InChI is InChI=1S/C16H16INO/c1-19-14-8-2-11-3-9-16(15(11)10-14)18-13-6-4-12(17)5-7-13/h2,4-8,10,16,18H,3,9H2,1H3. The minimum absolute atomic E-state index is 0.394. The van der Waals surface area contributed by atoms with Gasteiger partial charge in [-0.2, -0.15) is 0 Å². The number of nitrogens with one attached hydrogen (secondary N) is 1. The van der Waals surface area contributed by atoms with Crippen molar-refractivity contribution in [2.75, 3.05) is 12.4 Å². The Morgan fingerprint density at radius 1 is 1.16 bits per heavy atom. The lowest BCUT2D eigenvalue weighted by Gasteiger charge is -2.16. The molecule has 0 radical (unpaired) electrons. The van der Waals surface area contributed by atoms with Crippen LogP contribution in [0.15, 0.2) is 42.5 Å². The van der Waals surface area contributed by atoms with E-state index in [2.05, 4.69) is 64.3 Å². The second kappa shape index (κ2) is 5.41. The maximum Gasteiger partial charge on any atom is 0.119 e. The fourth-order valence-electron chi connectivity index (χ4n) is 2.60. The van der Waals surface area contributed by atoms with Crippen molar-refractivity contribution < 1.29 is 4.74 Å². The van der Waals surface area contributed by atoms with Crippen LogP contribution in [-0.4, -0.2) is 7.11 Å². The normalized spacial score (nSPS) is 17.1. The van der Waals surface area contributed by atoms with Gasteiger partial charge in [0.2, 0.25) is 0 Å². The zero-order valence-electron chi connectivity index (χ0n) is 10.8. The number of benzene rings is 2. The Morgan fingerprint density at radius 3 is 2.68 bits per heavy atom. The van der Waals surface area contributed by atoms with Crippen LogP contribution >= 0.6 is 22.6 Å². The average molecular weight is 365 g/mol. The molecule has 1 unspecified atom stereocenters. The van der Waals surface area contributed by atoms with E-state index in [1.54, 1.807) is 7.11 Å². The smallest absolute Gasteiger partial charge is 0.119 e. The van der Waals surface area contributed by atoms with E-state index >= 15 is 0 Å². The molecule has 1 aliphatic rings. The van der Waals surface area contributed by atoms with Gasteiger partial charge in [0, 0.05) is 9.26 Å². The summed E-state index contributed by atoms with van der Waals surface area (Å²) in [6.07, 6.45) is 2.29. The van der Waals surface area contributed by atoms with Crippen molar-refractivity contribution in [1.29, 1.82) is 0 Å². The fourth-order valence-corrected chi connectivity index (χ4v) is 2.96. The number of hydrogen-bond acceptors (Lipinski definition) is 2. The predicted octanol–water partition coefficient (Wildman–Crippen LogP) is 4.40. The third-order valence-electron chi connectivity index (χ3n) is 3.62. The summed E-state index contributed by atoms with van der Waals surface area (Å²) in [6.45, 7) is 0. The van der Waals surface area contributed by atoms with Gasteiger partial charge in [-0.15, -0.1) is 0 Å². The van der Waals surface area contributed by atoms with E-state index in [0.717, 1.165) is 18.6 Å². The van der Waals surface area contributed by atoms with Crippen molar-refractivity contribution in [3.05, 3.63) is 57.2 Å². The summed E-state index contributed by atoms with van der Waals surface area (Å²) in [5.41, 5.74) is 3.99. The zero-order chi connectivity index (χ0) is 13.2. The highest BCUT2D eigenvalue weighted by molar-refractivity contribution is 14.1. The van der Waals surface area contributed by atoms with Gasteiger partial charge in [-0.25, -0.2) is 0 Å². The summed E-state index contributed by atoms with van der Waals surface area (Å²) in [4.78, 5) is 0. The number of aryl methyl sites for hydroxylation is 1. The summed E-state index contributed by atoms with van der Waals surface area (Å²) in [6, 6.07) is 15.3. The molecule has 19 heavy (non-hydrogen) atoms. The van der Waals surface area contributed by atoms with E-state index < -0.39 is 0 Å². The fraction of sp³-hybridized carbons (Fsp3) is 0.250. The number of halogens is 1. The number of methoxy groups -OCH3 is 1. The highest BCUT2D eigenvalue weighted by atomic mass is 127. The lowest BCUT2D eigenvalue weighted by atomic mass is 10.1. The van der Waals surface area contributed by atoms with E-state index in [1.807, 2.05) is 6.07 Å². The summed E-state index contributed by atoms with van der Waals surface area (Å²) >= 11 is 2.33. The van der Waals surface area contributed by atoms with Gasteiger partial charge in [0.15, 0.2) is 0 Å². The molecule has 0 saturated heterocycles. The molecular weight excluding hydrogens is 349 g/mol. The minimum Gasteiger partial charge on any atom is -0.497 e. The molecule has 1 aliphatic carbocycles. The third kappa shape index (κ3) is 2.71. The first-order chi connectivity index (χ1) is 9.26. The Morgan fingerprint density at radius 2 is 1.95 bits per heavy atom. The maximum atomic E-state index is 5.32. The second-order valence-corrected chi connectivity index (χ2v) is 6.05. The molecule has 1 atom stereocenters. The summed E-state index contributed by atoms with van der Waals surface area (Å²) in [5.74, 6) is 0.940. The highest BCUT2D eigenvalue weighted by Gasteiger charge is 2.22. The number of ether oxygens (including phenoxy) is 1. The van der Waals surface area contributed by atoms with Crippen molar-refractivity contribution in [2.45, 2.75) is 18.9 Å². The SMILES string of the molecule is COc1ccc2c(c1)C(Nc1ccc(I)cc1)CC2. The largest absolute Gasteiger partial charge is 0.497 e. The molecule has 0 aliphatic heterocycles. The second-order valence-electron chi connectivity index (χ2n) is 4.81. The number of anilines is 1. The van der Waals surface area contributed by atoms with Gasteiger partial charge in [0.25, 0.3) is 0 Å². The molecule has 0 aromatic heterocycles. The van der Waals surface area contributed by atoms with E-state index in [-0.39, 0.29) is 0 Å². The van der Waals surface area contributed by atoms with Gasteiger partial charge >= 0.3 is 0 Å². The maximum absolute atomic E-state index is 5.32. The van der Waals surface area contributed by atoms with Gasteiger partial charge in [-0.1, -0.05) is 6.07 Å². The molecule has 0 spiro atoms. The number of fused-ring (bicyclic) bond motifs is 1. The van der Waals surface area contributed by atoms with Gasteiger partial charge in [-0.3, -0.25) is 0 Å². The molecule has 98 valence electrons. The van der Waals surface area contributed by atoms with E-state index in [0.29, 0.717) is 6.04 Å². The first kappa shape index (κ1) is 12.8. The predicted molar refractivity (Wildman–Crippen MR) is 86.8 cm³/mol. The first-order valence-corrected chi connectivity index (χ1v) is 7.53. The first-order valence-electron chi connectivity index (χ1n) is 6.45. The Kier molecular flexibility index (Phi) is 3.64. The van der Waals surface area contributed by atoms with E-state index in [9.17, 15) is 0 Å². The van der Waals surface area contributed by atoms with Crippen LogP contribution in [0.3, 0.4) is 0 Å². The van der Waals surface area contributed by atoms with E-state index in [4.69, 9.17) is 4.74 Å². The Balaban J connectivity index is 1.83. The van der Waals surface area contributed by atoms with Crippen LogP contribution in [0.2, 0.25) is 0 Å². The van der Waals surface area contributed by atoms with Crippen LogP contribution in [0.25, 0.3) is 0 Å². The summed E-state index contributed by atoms with van der Waals surface area (Å²) < 4.78 is 6.59. The molecule has 2 aromatic rings. The minimum atomic E-state index is 0.394. The van der Waals surface area contributed by atoms with Crippen molar-refractivity contribution in [3.8, 4) is 5.75 Å². The van der Waals surface area contributed by atoms with Crippen molar-refractivity contribution in [1.82, 2.24) is 0 Å². The Hall–Kier alpha value is -1.23. The average Bonchev–Trinajstić information content (AvgIpc) is 2.84. The summed E-state index contributed by atoms with van der Waals surface area (Å²) in [5, 5.41) is 3.62. The van der Waals surface area contributed by atoms with Crippen LogP contribution in [0.5, 0.6) is 5.75 Å². The molecule has 0 amide bonds. The van der Waals surface area contributed by atoms with Gasteiger partial charge in [0.1, 0.15) is 5.75 Å². The molecule has 0 fully saturated rings. The molecule has 2 aromatic carbocycles. The third-order valence-corrected chi connectivity index (χ3v) is 4.34. The molecule has 3 heteroatoms. The lowest BCUT2D eigenvalue weighted by molar-refractivity contribution is 0.414. The van der Waals surface area contributed by atoms with Gasteiger partial charge < -0.3 is 10.1 Å². The number of rotatable bonds is 3. The monoisotopic (exact) mass is 365 g/mol. The molecule has 0 saturated carbocycles. The molecule has 1 N–H and O–H groups in total. The topological polar surface area (TPSA) is 21.3 Å². The number of hydrogen-bond donors (Lipinski definition) is 1. The van der Waals surface area contributed by atoms with Crippen LogP contribution in [0.4, 0.5) is 5.69 Å². The lowest BCUT2D eigenvalue weighted by Crippen LogP contribution is -2.07. The van der Waals surface area contributed by atoms with Crippen LogP contribution in [0.1, 0.15) is 23.6 Å². The Bertz CT molecular complexity index is 580. The highest BCUT2D eigenvalue weighted by Crippen LogP contribution is 2.36. The van der Waals surface area contributed by atoms with Crippen molar-refractivity contribution in [3.63, 3.8) is 0 Å². The van der Waals surface area contributed by atoms with Gasteiger partial charge in [-0.05, 0) is 83.0 Å². The zero-order valence-corrected chi connectivity index (χ0v) is 13.0. The molecule has 2 nitrogen and oxygen atoms in total. The van der Waals surface area contributed by atoms with E-state index in [1.165, 1.54) is 20.4 Å². The Labute approximate surface area is 127 Å². The van der Waals surface area contributed by atoms with Crippen LogP contribution in [-0.2, 0) is 6.42 Å². The summed E-state index contributed by atoms with van der Waals surface area (Å²) in [7, 11) is 1.72. The van der Waals surface area contributed by atoms with Crippen LogP contribution < -0.4 is 10.1 Å². The molecule has 3 rings (SSSR count). The van der Waals surface area contributed by atoms with Crippen molar-refractivity contribution in [2.24, 2.45) is 0 Å². The van der Waals surface area contributed by atoms with Crippen LogP contribution in [0, 0.1) is 3.57 Å². The molecular formula is C16H16INO. The van der Waals surface area contributed by atoms with Crippen molar-refractivity contribution >= 4 is 28.3 Å². The quantitative estimate of drug-likeness (QED) is 0.815. The van der Waals surface area contributed by atoms with Gasteiger partial charge in [0.05, 0.1) is 13.2 Å².